The highest BCUT2D eigenvalue weighted by Gasteiger charge is 2.30. The van der Waals surface area contributed by atoms with Crippen molar-refractivity contribution in [3.8, 4) is 5.75 Å². The molecule has 1 aromatic heterocycles. The third kappa shape index (κ3) is 4.59. The lowest BCUT2D eigenvalue weighted by Crippen LogP contribution is -2.26. The molecule has 4 nitrogen and oxygen atoms in total. The van der Waals surface area contributed by atoms with Crippen LogP contribution in [0.2, 0.25) is 5.02 Å². The van der Waals surface area contributed by atoms with Gasteiger partial charge in [0.15, 0.2) is 0 Å². The molecule has 0 aliphatic heterocycles. The molecule has 2 rings (SSSR count). The molecule has 0 bridgehead atoms. The largest absolute Gasteiger partial charge is 0.507 e. The number of nitrogens with one attached hydrogen (secondary N) is 1. The van der Waals surface area contributed by atoms with Crippen LogP contribution in [0.15, 0.2) is 36.5 Å². The maximum Gasteiger partial charge on any atom is 0.417 e. The summed E-state index contributed by atoms with van der Waals surface area (Å²) in [7, 11) is 0. The number of aromatic nitrogens is 1. The minimum Gasteiger partial charge on any atom is -0.507 e. The number of alkyl halides is 3. The zero-order valence-electron chi connectivity index (χ0n) is 11.7. The van der Waals surface area contributed by atoms with E-state index in [9.17, 15) is 23.1 Å². The molecular weight excluding hydrogens is 333 g/mol. The number of aromatic hydroxyl groups is 1. The highest BCUT2D eigenvalue weighted by molar-refractivity contribution is 6.31. The number of nitrogens with zero attached hydrogens (tertiary/aromatic N) is 1. The number of rotatable bonds is 4. The Labute approximate surface area is 134 Å². The van der Waals surface area contributed by atoms with Crippen molar-refractivity contribution in [1.29, 1.82) is 0 Å². The van der Waals surface area contributed by atoms with E-state index in [0.29, 0.717) is 10.7 Å². The molecule has 0 spiro atoms. The van der Waals surface area contributed by atoms with E-state index < -0.39 is 17.6 Å². The van der Waals surface area contributed by atoms with Crippen LogP contribution < -0.4 is 5.32 Å². The molecule has 1 amide bonds. The standard InChI is InChI=1S/C15H12ClF3N2O2/c16-10-2-4-13(22)12(7-10)14(23)20-6-5-11-3-1-9(8-21-11)15(17,18)19/h1-4,7-8,22H,5-6H2,(H,20,23). The second-order valence-electron chi connectivity index (χ2n) is 4.70. The SMILES string of the molecule is O=C(NCCc1ccc(C(F)(F)F)cn1)c1cc(Cl)ccc1O. The van der Waals surface area contributed by atoms with Crippen molar-refractivity contribution in [3.63, 3.8) is 0 Å². The highest BCUT2D eigenvalue weighted by Crippen LogP contribution is 2.28. The quantitative estimate of drug-likeness (QED) is 0.893. The van der Waals surface area contributed by atoms with Crippen molar-refractivity contribution in [2.24, 2.45) is 0 Å². The molecule has 2 aromatic rings. The molecule has 23 heavy (non-hydrogen) atoms. The van der Waals surface area contributed by atoms with E-state index in [1.807, 2.05) is 0 Å². The fourth-order valence-electron chi connectivity index (χ4n) is 1.83. The van der Waals surface area contributed by atoms with Crippen LogP contribution in [0, 0.1) is 0 Å². The van der Waals surface area contributed by atoms with Gasteiger partial charge in [-0.3, -0.25) is 9.78 Å². The lowest BCUT2D eigenvalue weighted by molar-refractivity contribution is -0.137. The fourth-order valence-corrected chi connectivity index (χ4v) is 2.00. The summed E-state index contributed by atoms with van der Waals surface area (Å²) >= 11 is 5.75. The number of carbonyl (C=O) groups is 1. The zero-order valence-corrected chi connectivity index (χ0v) is 12.4. The van der Waals surface area contributed by atoms with Crippen LogP contribution >= 0.6 is 11.6 Å². The summed E-state index contributed by atoms with van der Waals surface area (Å²) < 4.78 is 37.2. The number of phenolic OH excluding ortho intramolecular Hbond substituents is 1. The third-order valence-electron chi connectivity index (χ3n) is 3.02. The van der Waals surface area contributed by atoms with E-state index in [1.54, 1.807) is 0 Å². The number of hydrogen-bond donors (Lipinski definition) is 2. The van der Waals surface area contributed by atoms with Gasteiger partial charge in [0.25, 0.3) is 5.91 Å². The van der Waals surface area contributed by atoms with Gasteiger partial charge in [-0.15, -0.1) is 0 Å². The van der Waals surface area contributed by atoms with E-state index in [2.05, 4.69) is 10.3 Å². The van der Waals surface area contributed by atoms with Crippen molar-refractivity contribution < 1.29 is 23.1 Å². The molecule has 1 heterocycles. The minimum absolute atomic E-state index is 0.0258. The van der Waals surface area contributed by atoms with Crippen molar-refractivity contribution in [2.75, 3.05) is 6.54 Å². The molecule has 122 valence electrons. The van der Waals surface area contributed by atoms with Gasteiger partial charge in [-0.25, -0.2) is 0 Å². The van der Waals surface area contributed by atoms with Gasteiger partial charge in [0, 0.05) is 29.9 Å². The van der Waals surface area contributed by atoms with E-state index in [1.165, 1.54) is 24.3 Å². The summed E-state index contributed by atoms with van der Waals surface area (Å²) in [6.07, 6.45) is -3.42. The van der Waals surface area contributed by atoms with Crippen LogP contribution in [-0.2, 0) is 12.6 Å². The van der Waals surface area contributed by atoms with Gasteiger partial charge in [-0.1, -0.05) is 11.6 Å². The molecule has 0 unspecified atom stereocenters. The fraction of sp³-hybridized carbons (Fsp3) is 0.200. The van der Waals surface area contributed by atoms with Crippen LogP contribution in [0.4, 0.5) is 13.2 Å². The Morgan fingerprint density at radius 3 is 2.61 bits per heavy atom. The van der Waals surface area contributed by atoms with E-state index in [-0.39, 0.29) is 24.3 Å². The lowest BCUT2D eigenvalue weighted by atomic mass is 10.2. The Balaban J connectivity index is 1.92. The zero-order chi connectivity index (χ0) is 17.0. The molecule has 0 aliphatic rings. The summed E-state index contributed by atoms with van der Waals surface area (Å²) in [5.74, 6) is -0.739. The number of halogens is 4. The molecular formula is C15H12ClF3N2O2. The molecule has 0 fully saturated rings. The summed E-state index contributed by atoms with van der Waals surface area (Å²) in [6.45, 7) is 0.156. The van der Waals surface area contributed by atoms with E-state index in [4.69, 9.17) is 11.6 Å². The highest BCUT2D eigenvalue weighted by atomic mass is 35.5. The average Bonchev–Trinajstić information content (AvgIpc) is 2.49. The number of pyridine rings is 1. The van der Waals surface area contributed by atoms with Crippen molar-refractivity contribution in [3.05, 3.63) is 58.4 Å². The second kappa shape index (κ2) is 6.87. The van der Waals surface area contributed by atoms with Gasteiger partial charge in [0.05, 0.1) is 11.1 Å². The first kappa shape index (κ1) is 17.1. The summed E-state index contributed by atoms with van der Waals surface area (Å²) in [5.41, 5.74) is -0.388. The number of phenols is 1. The van der Waals surface area contributed by atoms with Gasteiger partial charge < -0.3 is 10.4 Å². The molecule has 2 N–H and O–H groups in total. The normalized spacial score (nSPS) is 11.3. The van der Waals surface area contributed by atoms with Gasteiger partial charge in [-0.2, -0.15) is 13.2 Å². The molecule has 0 aliphatic carbocycles. The number of hydrogen-bond acceptors (Lipinski definition) is 3. The van der Waals surface area contributed by atoms with Gasteiger partial charge >= 0.3 is 6.18 Å². The smallest absolute Gasteiger partial charge is 0.417 e. The number of amides is 1. The Morgan fingerprint density at radius 2 is 2.00 bits per heavy atom. The van der Waals surface area contributed by atoms with E-state index >= 15 is 0 Å². The monoisotopic (exact) mass is 344 g/mol. The number of benzene rings is 1. The Morgan fingerprint density at radius 1 is 1.26 bits per heavy atom. The molecule has 0 radical (unpaired) electrons. The maximum absolute atomic E-state index is 12.4. The molecule has 0 saturated carbocycles. The molecule has 0 atom stereocenters. The first-order valence-corrected chi connectivity index (χ1v) is 6.94. The Bertz CT molecular complexity index is 703. The van der Waals surface area contributed by atoms with Crippen molar-refractivity contribution in [2.45, 2.75) is 12.6 Å². The second-order valence-corrected chi connectivity index (χ2v) is 5.14. The van der Waals surface area contributed by atoms with E-state index in [0.717, 1.165) is 12.3 Å². The third-order valence-corrected chi connectivity index (χ3v) is 3.26. The predicted molar refractivity (Wildman–Crippen MR) is 78.4 cm³/mol. The summed E-state index contributed by atoms with van der Waals surface area (Å²) in [5, 5.41) is 12.4. The van der Waals surface area contributed by atoms with Crippen LogP contribution in [0.5, 0.6) is 5.75 Å². The molecule has 1 aromatic carbocycles. The summed E-state index contributed by atoms with van der Waals surface area (Å²) in [6, 6.07) is 6.26. The van der Waals surface area contributed by atoms with Crippen molar-refractivity contribution in [1.82, 2.24) is 10.3 Å². The Kier molecular flexibility index (Phi) is 5.10. The van der Waals surface area contributed by atoms with Gasteiger partial charge in [0.2, 0.25) is 0 Å². The van der Waals surface area contributed by atoms with Crippen molar-refractivity contribution >= 4 is 17.5 Å². The predicted octanol–water partition coefficient (Wildman–Crippen LogP) is 3.43. The Hall–Kier alpha value is -2.28. The first-order valence-electron chi connectivity index (χ1n) is 6.56. The average molecular weight is 345 g/mol. The molecule has 0 saturated heterocycles. The summed E-state index contributed by atoms with van der Waals surface area (Å²) in [4.78, 5) is 15.6. The minimum atomic E-state index is -4.43. The molecule has 8 heteroatoms. The van der Waals surface area contributed by atoms with Gasteiger partial charge in [-0.05, 0) is 30.3 Å². The lowest BCUT2D eigenvalue weighted by Gasteiger charge is -2.08. The topological polar surface area (TPSA) is 62.2 Å². The number of carbonyl (C=O) groups excluding carboxylic acids is 1. The van der Waals surface area contributed by atoms with Crippen LogP contribution in [0.25, 0.3) is 0 Å². The van der Waals surface area contributed by atoms with Crippen LogP contribution in [0.1, 0.15) is 21.6 Å². The maximum atomic E-state index is 12.4. The van der Waals surface area contributed by atoms with Gasteiger partial charge in [0.1, 0.15) is 5.75 Å². The first-order chi connectivity index (χ1) is 10.8. The van der Waals surface area contributed by atoms with Crippen LogP contribution in [0.3, 0.4) is 0 Å². The van der Waals surface area contributed by atoms with Crippen LogP contribution in [-0.4, -0.2) is 22.5 Å².